The molecule has 1 aliphatic rings. The third-order valence-corrected chi connectivity index (χ3v) is 6.70. The number of amides is 1. The molecule has 30 heavy (non-hydrogen) atoms. The van der Waals surface area contributed by atoms with Gasteiger partial charge in [-0.2, -0.15) is 0 Å². The molecular weight excluding hydrogens is 399 g/mol. The van der Waals surface area contributed by atoms with Crippen LogP contribution < -0.4 is 5.32 Å². The van der Waals surface area contributed by atoms with Gasteiger partial charge in [-0.3, -0.25) is 9.69 Å². The Morgan fingerprint density at radius 1 is 1.07 bits per heavy atom. The first-order valence-electron chi connectivity index (χ1n) is 10.1. The topological polar surface area (TPSA) is 41.6 Å². The highest BCUT2D eigenvalue weighted by Gasteiger charge is 2.30. The number of halogens is 1. The number of nitrogens with zero attached hydrogens (tertiary/aromatic N) is 1. The molecule has 4 nitrogen and oxygen atoms in total. The first-order chi connectivity index (χ1) is 14.5. The summed E-state index contributed by atoms with van der Waals surface area (Å²) in [4.78, 5) is 16.4. The van der Waals surface area contributed by atoms with E-state index in [0.717, 1.165) is 39.7 Å². The van der Waals surface area contributed by atoms with Gasteiger partial charge in [0.15, 0.2) is 0 Å². The largest absolute Gasteiger partial charge is 0.379 e. The van der Waals surface area contributed by atoms with Crippen molar-refractivity contribution in [2.45, 2.75) is 19.9 Å². The quantitative estimate of drug-likeness (QED) is 0.614. The van der Waals surface area contributed by atoms with E-state index in [1.165, 1.54) is 12.1 Å². The van der Waals surface area contributed by atoms with Crippen LogP contribution in [-0.4, -0.2) is 37.1 Å². The normalized spacial score (nSPS) is 15.7. The Kier molecular flexibility index (Phi) is 6.27. The van der Waals surface area contributed by atoms with Crippen molar-refractivity contribution in [3.63, 3.8) is 0 Å². The first-order valence-corrected chi connectivity index (χ1v) is 10.9. The second kappa shape index (κ2) is 9.08. The molecule has 1 N–H and O–H groups in total. The summed E-state index contributed by atoms with van der Waals surface area (Å²) < 4.78 is 19.2. The van der Waals surface area contributed by atoms with E-state index in [1.807, 2.05) is 42.5 Å². The molecule has 0 unspecified atom stereocenters. The second-order valence-electron chi connectivity index (χ2n) is 7.45. The summed E-state index contributed by atoms with van der Waals surface area (Å²) in [6.45, 7) is 7.04. The number of nitrogens with one attached hydrogen (secondary N) is 1. The van der Waals surface area contributed by atoms with E-state index < -0.39 is 0 Å². The van der Waals surface area contributed by atoms with E-state index in [4.69, 9.17) is 4.74 Å². The van der Waals surface area contributed by atoms with E-state index in [0.29, 0.717) is 18.8 Å². The zero-order valence-electron chi connectivity index (χ0n) is 17.2. The number of benzene rings is 2. The highest BCUT2D eigenvalue weighted by atomic mass is 32.1. The summed E-state index contributed by atoms with van der Waals surface area (Å²) in [5.74, 6) is -0.381. The number of morpholine rings is 1. The van der Waals surface area contributed by atoms with Crippen molar-refractivity contribution >= 4 is 22.2 Å². The van der Waals surface area contributed by atoms with E-state index in [1.54, 1.807) is 11.3 Å². The Hall–Kier alpha value is -2.54. The Bertz CT molecular complexity index is 1010. The number of rotatable bonds is 5. The fraction of sp³-hybridized carbons (Fsp3) is 0.292. The fourth-order valence-corrected chi connectivity index (χ4v) is 4.96. The van der Waals surface area contributed by atoms with Gasteiger partial charge in [-0.25, -0.2) is 4.39 Å². The highest BCUT2D eigenvalue weighted by Crippen LogP contribution is 2.42. The molecule has 0 saturated carbocycles. The zero-order valence-corrected chi connectivity index (χ0v) is 18.0. The van der Waals surface area contributed by atoms with Crippen LogP contribution in [0.4, 0.5) is 9.39 Å². The van der Waals surface area contributed by atoms with Crippen LogP contribution in [0.3, 0.4) is 0 Å². The Morgan fingerprint density at radius 2 is 1.73 bits per heavy atom. The number of ether oxygens (including phenoxy) is 1. The van der Waals surface area contributed by atoms with Gasteiger partial charge >= 0.3 is 0 Å². The highest BCUT2D eigenvalue weighted by molar-refractivity contribution is 7.16. The van der Waals surface area contributed by atoms with Crippen LogP contribution in [0.1, 0.15) is 38.0 Å². The number of thiophene rings is 1. The Balaban J connectivity index is 1.76. The Labute approximate surface area is 180 Å². The fourth-order valence-electron chi connectivity index (χ4n) is 3.87. The van der Waals surface area contributed by atoms with Crippen molar-refractivity contribution in [3.05, 3.63) is 87.5 Å². The maximum absolute atomic E-state index is 13.6. The first kappa shape index (κ1) is 20.7. The number of hydrogen-bond donors (Lipinski definition) is 1. The lowest BCUT2D eigenvalue weighted by Crippen LogP contribution is -2.40. The van der Waals surface area contributed by atoms with Gasteiger partial charge in [-0.15, -0.1) is 11.3 Å². The average molecular weight is 425 g/mol. The molecule has 1 atom stereocenters. The Morgan fingerprint density at radius 3 is 2.40 bits per heavy atom. The minimum absolute atomic E-state index is 0.0782. The molecule has 6 heteroatoms. The van der Waals surface area contributed by atoms with E-state index in [-0.39, 0.29) is 17.8 Å². The predicted octanol–water partition coefficient (Wildman–Crippen LogP) is 5.18. The summed E-state index contributed by atoms with van der Waals surface area (Å²) in [6, 6.07) is 15.8. The molecule has 4 rings (SSSR count). The number of carbonyl (C=O) groups is 1. The third kappa shape index (κ3) is 4.31. The summed E-state index contributed by atoms with van der Waals surface area (Å²) in [5.41, 5.74) is 3.87. The smallest absolute Gasteiger partial charge is 0.256 e. The molecule has 1 aliphatic heterocycles. The third-order valence-electron chi connectivity index (χ3n) is 5.56. The van der Waals surface area contributed by atoms with Crippen molar-refractivity contribution < 1.29 is 13.9 Å². The van der Waals surface area contributed by atoms with Crippen LogP contribution in [0.2, 0.25) is 0 Å². The van der Waals surface area contributed by atoms with Gasteiger partial charge in [-0.05, 0) is 49.2 Å². The minimum Gasteiger partial charge on any atom is -0.379 e. The molecule has 3 aromatic rings. The van der Waals surface area contributed by atoms with Crippen LogP contribution in [0, 0.1) is 19.7 Å². The molecule has 2 aromatic carbocycles. The average Bonchev–Trinajstić information content (AvgIpc) is 3.04. The molecule has 0 spiro atoms. The van der Waals surface area contributed by atoms with Crippen molar-refractivity contribution in [2.75, 3.05) is 31.6 Å². The second-order valence-corrected chi connectivity index (χ2v) is 8.67. The minimum atomic E-state index is -0.254. The SMILES string of the molecule is Cc1sc(NC(=O)c2ccccc2)c([C@@H](c2ccc(F)cc2)N2CCOCC2)c1C. The summed E-state index contributed by atoms with van der Waals surface area (Å²) in [6.07, 6.45) is 0. The standard InChI is InChI=1S/C24H25FN2O2S/c1-16-17(2)30-24(26-23(28)19-6-4-3-5-7-19)21(16)22(27-12-14-29-15-13-27)18-8-10-20(25)11-9-18/h3-11,22H,12-15H2,1-2H3,(H,26,28)/t22-/m1/s1. The van der Waals surface area contributed by atoms with Gasteiger partial charge in [0.1, 0.15) is 10.8 Å². The van der Waals surface area contributed by atoms with E-state index in [9.17, 15) is 9.18 Å². The van der Waals surface area contributed by atoms with Crippen molar-refractivity contribution in [1.29, 1.82) is 0 Å². The molecule has 0 radical (unpaired) electrons. The molecule has 0 bridgehead atoms. The van der Waals surface area contributed by atoms with Crippen molar-refractivity contribution in [2.24, 2.45) is 0 Å². The molecule has 1 aromatic heterocycles. The van der Waals surface area contributed by atoms with Crippen LogP contribution in [0.15, 0.2) is 54.6 Å². The van der Waals surface area contributed by atoms with Crippen molar-refractivity contribution in [3.8, 4) is 0 Å². The molecule has 156 valence electrons. The van der Waals surface area contributed by atoms with Gasteiger partial charge in [0, 0.05) is 29.1 Å². The molecular formula is C24H25FN2O2S. The monoisotopic (exact) mass is 424 g/mol. The van der Waals surface area contributed by atoms with Gasteiger partial charge in [0.05, 0.1) is 19.3 Å². The predicted molar refractivity (Wildman–Crippen MR) is 119 cm³/mol. The van der Waals surface area contributed by atoms with Crippen LogP contribution in [0.25, 0.3) is 0 Å². The van der Waals surface area contributed by atoms with Gasteiger partial charge in [-0.1, -0.05) is 30.3 Å². The van der Waals surface area contributed by atoms with E-state index in [2.05, 4.69) is 24.1 Å². The molecule has 1 fully saturated rings. The van der Waals surface area contributed by atoms with Crippen LogP contribution in [0.5, 0.6) is 0 Å². The van der Waals surface area contributed by atoms with Gasteiger partial charge < -0.3 is 10.1 Å². The number of carbonyl (C=O) groups excluding carboxylic acids is 1. The lowest BCUT2D eigenvalue weighted by Gasteiger charge is -2.35. The summed E-state index contributed by atoms with van der Waals surface area (Å²) >= 11 is 1.59. The van der Waals surface area contributed by atoms with E-state index >= 15 is 0 Å². The molecule has 1 saturated heterocycles. The van der Waals surface area contributed by atoms with Gasteiger partial charge in [0.2, 0.25) is 0 Å². The summed E-state index contributed by atoms with van der Waals surface area (Å²) in [5, 5.41) is 3.98. The zero-order chi connectivity index (χ0) is 21.1. The van der Waals surface area contributed by atoms with Crippen LogP contribution >= 0.6 is 11.3 Å². The maximum atomic E-state index is 13.6. The molecule has 2 heterocycles. The lowest BCUT2D eigenvalue weighted by molar-refractivity contribution is 0.0240. The van der Waals surface area contributed by atoms with Gasteiger partial charge in [0.25, 0.3) is 5.91 Å². The maximum Gasteiger partial charge on any atom is 0.256 e. The molecule has 0 aliphatic carbocycles. The van der Waals surface area contributed by atoms with Crippen molar-refractivity contribution in [1.82, 2.24) is 4.90 Å². The number of anilines is 1. The molecule has 1 amide bonds. The van der Waals surface area contributed by atoms with Crippen LogP contribution in [-0.2, 0) is 4.74 Å². The lowest BCUT2D eigenvalue weighted by atomic mass is 9.94. The summed E-state index contributed by atoms with van der Waals surface area (Å²) in [7, 11) is 0. The number of aryl methyl sites for hydroxylation is 1. The number of hydrogen-bond acceptors (Lipinski definition) is 4.